The van der Waals surface area contributed by atoms with Gasteiger partial charge in [0.1, 0.15) is 11.3 Å². The first-order chi connectivity index (χ1) is 15.6. The summed E-state index contributed by atoms with van der Waals surface area (Å²) in [5, 5.41) is 15.9. The molecule has 0 saturated heterocycles. The Morgan fingerprint density at radius 2 is 1.82 bits per heavy atom. The van der Waals surface area contributed by atoms with Crippen LogP contribution in [0.4, 0.5) is 24.5 Å². The summed E-state index contributed by atoms with van der Waals surface area (Å²) >= 11 is 0. The van der Waals surface area contributed by atoms with Crippen LogP contribution in [0.3, 0.4) is 0 Å². The third-order valence-electron chi connectivity index (χ3n) is 4.30. The zero-order valence-electron chi connectivity index (χ0n) is 16.8. The predicted octanol–water partition coefficient (Wildman–Crippen LogP) is 3.71. The van der Waals surface area contributed by atoms with E-state index in [1.165, 1.54) is 0 Å². The van der Waals surface area contributed by atoms with Gasteiger partial charge in [0, 0.05) is 18.9 Å². The minimum absolute atomic E-state index is 0.477. The standard InChI is InChI=1S/C21H17F3N4O5/c22-21(23,24)33-16-6-7-17(18(10-16)28(31)32)20(30)25-11-19(29)26-15-8-9-27(13-15)12-14-4-2-1-3-5-14/h1-10,13H,11-12H2,(H,25,30)(H,26,29). The highest BCUT2D eigenvalue weighted by molar-refractivity contribution is 6.01. The van der Waals surface area contributed by atoms with Gasteiger partial charge in [-0.25, -0.2) is 0 Å². The zero-order chi connectivity index (χ0) is 24.0. The van der Waals surface area contributed by atoms with Crippen molar-refractivity contribution in [2.24, 2.45) is 0 Å². The van der Waals surface area contributed by atoms with E-state index in [4.69, 9.17) is 0 Å². The molecule has 0 fully saturated rings. The molecule has 33 heavy (non-hydrogen) atoms. The molecule has 0 aliphatic heterocycles. The fourth-order valence-electron chi connectivity index (χ4n) is 2.92. The van der Waals surface area contributed by atoms with Crippen molar-refractivity contribution in [3.05, 3.63) is 88.2 Å². The molecular weight excluding hydrogens is 445 g/mol. The normalized spacial score (nSPS) is 11.0. The number of carbonyl (C=O) groups excluding carboxylic acids is 2. The molecule has 172 valence electrons. The quantitative estimate of drug-likeness (QED) is 0.391. The van der Waals surface area contributed by atoms with Gasteiger partial charge in [-0.1, -0.05) is 30.3 Å². The molecule has 3 aromatic rings. The van der Waals surface area contributed by atoms with Crippen molar-refractivity contribution in [1.82, 2.24) is 9.88 Å². The summed E-state index contributed by atoms with van der Waals surface area (Å²) in [5.41, 5.74) is 0.125. The van der Waals surface area contributed by atoms with Crippen molar-refractivity contribution >= 4 is 23.2 Å². The van der Waals surface area contributed by atoms with Crippen molar-refractivity contribution in [2.45, 2.75) is 12.9 Å². The largest absolute Gasteiger partial charge is 0.573 e. The number of benzene rings is 2. The second-order valence-electron chi connectivity index (χ2n) is 6.77. The molecule has 2 amide bonds. The lowest BCUT2D eigenvalue weighted by Gasteiger charge is -2.10. The number of nitro benzene ring substituents is 1. The van der Waals surface area contributed by atoms with E-state index >= 15 is 0 Å². The maximum Gasteiger partial charge on any atom is 0.573 e. The maximum absolute atomic E-state index is 12.3. The fourth-order valence-corrected chi connectivity index (χ4v) is 2.92. The molecule has 0 aliphatic carbocycles. The van der Waals surface area contributed by atoms with Crippen molar-refractivity contribution < 1.29 is 32.4 Å². The molecule has 0 atom stereocenters. The molecule has 0 saturated carbocycles. The summed E-state index contributed by atoms with van der Waals surface area (Å²) in [5.74, 6) is -2.44. The van der Waals surface area contributed by atoms with Crippen LogP contribution in [0.1, 0.15) is 15.9 Å². The lowest BCUT2D eigenvalue weighted by Crippen LogP contribution is -2.33. The Balaban J connectivity index is 1.58. The molecule has 0 aliphatic rings. The number of nitrogens with zero attached hydrogens (tertiary/aromatic N) is 2. The zero-order valence-corrected chi connectivity index (χ0v) is 16.8. The van der Waals surface area contributed by atoms with Gasteiger partial charge >= 0.3 is 6.36 Å². The van der Waals surface area contributed by atoms with Crippen LogP contribution in [0.5, 0.6) is 5.75 Å². The van der Waals surface area contributed by atoms with Crippen LogP contribution < -0.4 is 15.4 Å². The Kier molecular flexibility index (Phi) is 6.96. The minimum atomic E-state index is -5.05. The number of carbonyl (C=O) groups is 2. The van der Waals surface area contributed by atoms with Crippen molar-refractivity contribution in [3.8, 4) is 5.75 Å². The molecule has 1 heterocycles. The lowest BCUT2D eigenvalue weighted by atomic mass is 10.1. The van der Waals surface area contributed by atoms with Gasteiger partial charge in [0.2, 0.25) is 5.91 Å². The monoisotopic (exact) mass is 462 g/mol. The number of aromatic nitrogens is 1. The van der Waals surface area contributed by atoms with Gasteiger partial charge in [0.15, 0.2) is 0 Å². The van der Waals surface area contributed by atoms with E-state index in [0.29, 0.717) is 18.3 Å². The molecule has 0 bridgehead atoms. The number of hydrogen-bond donors (Lipinski definition) is 2. The molecule has 2 N–H and O–H groups in total. The number of anilines is 1. The number of hydrogen-bond acceptors (Lipinski definition) is 5. The Labute approximate surface area is 184 Å². The van der Waals surface area contributed by atoms with Crippen molar-refractivity contribution in [2.75, 3.05) is 11.9 Å². The number of rotatable bonds is 8. The van der Waals surface area contributed by atoms with Crippen LogP contribution in [0.25, 0.3) is 0 Å². The smallest absolute Gasteiger partial charge is 0.406 e. The van der Waals surface area contributed by atoms with E-state index in [2.05, 4.69) is 15.4 Å². The van der Waals surface area contributed by atoms with Crippen LogP contribution in [0, 0.1) is 10.1 Å². The topological polar surface area (TPSA) is 116 Å². The molecule has 0 radical (unpaired) electrons. The Bertz CT molecular complexity index is 1160. The third-order valence-corrected chi connectivity index (χ3v) is 4.30. The molecular formula is C21H17F3N4O5. The Hall–Kier alpha value is -4.35. The fraction of sp³-hybridized carbons (Fsp3) is 0.143. The van der Waals surface area contributed by atoms with E-state index in [-0.39, 0.29) is 0 Å². The molecule has 12 heteroatoms. The maximum atomic E-state index is 12.3. The first kappa shape index (κ1) is 23.3. The highest BCUT2D eigenvalue weighted by Crippen LogP contribution is 2.29. The summed E-state index contributed by atoms with van der Waals surface area (Å²) in [6, 6.07) is 13.4. The second-order valence-corrected chi connectivity index (χ2v) is 6.77. The predicted molar refractivity (Wildman–Crippen MR) is 111 cm³/mol. The summed E-state index contributed by atoms with van der Waals surface area (Å²) in [7, 11) is 0. The van der Waals surface area contributed by atoms with Crippen LogP contribution in [-0.4, -0.2) is 34.2 Å². The first-order valence-corrected chi connectivity index (χ1v) is 9.42. The van der Waals surface area contributed by atoms with Gasteiger partial charge in [-0.3, -0.25) is 19.7 Å². The highest BCUT2D eigenvalue weighted by atomic mass is 19.4. The molecule has 0 unspecified atom stereocenters. The number of alkyl halides is 3. The van der Waals surface area contributed by atoms with Gasteiger partial charge in [-0.15, -0.1) is 13.2 Å². The van der Waals surface area contributed by atoms with Crippen molar-refractivity contribution in [3.63, 3.8) is 0 Å². The van der Waals surface area contributed by atoms with Gasteiger partial charge in [-0.05, 0) is 23.8 Å². The number of ether oxygens (including phenoxy) is 1. The SMILES string of the molecule is O=C(CNC(=O)c1ccc(OC(F)(F)F)cc1[N+](=O)[O-])Nc1ccn(Cc2ccccc2)c1. The number of amides is 2. The first-order valence-electron chi connectivity index (χ1n) is 9.42. The summed E-state index contributed by atoms with van der Waals surface area (Å²) in [4.78, 5) is 34.5. The van der Waals surface area contributed by atoms with E-state index in [9.17, 15) is 32.9 Å². The lowest BCUT2D eigenvalue weighted by molar-refractivity contribution is -0.385. The third kappa shape index (κ3) is 6.82. The molecule has 3 rings (SSSR count). The number of nitrogens with one attached hydrogen (secondary N) is 2. The average molecular weight is 462 g/mol. The second kappa shape index (κ2) is 9.85. The van der Waals surface area contributed by atoms with Crippen LogP contribution in [0.2, 0.25) is 0 Å². The molecule has 2 aromatic carbocycles. The van der Waals surface area contributed by atoms with Gasteiger partial charge in [0.25, 0.3) is 11.6 Å². The van der Waals surface area contributed by atoms with E-state index in [1.807, 2.05) is 34.9 Å². The average Bonchev–Trinajstić information content (AvgIpc) is 3.18. The van der Waals surface area contributed by atoms with Crippen molar-refractivity contribution in [1.29, 1.82) is 0 Å². The van der Waals surface area contributed by atoms with E-state index in [1.54, 1.807) is 18.5 Å². The van der Waals surface area contributed by atoms with Gasteiger partial charge in [0.05, 0.1) is 23.2 Å². The minimum Gasteiger partial charge on any atom is -0.406 e. The summed E-state index contributed by atoms with van der Waals surface area (Å²) < 4.78 is 42.4. The Morgan fingerprint density at radius 1 is 1.09 bits per heavy atom. The molecule has 0 spiro atoms. The van der Waals surface area contributed by atoms with Crippen LogP contribution >= 0.6 is 0 Å². The Morgan fingerprint density at radius 3 is 2.48 bits per heavy atom. The van der Waals surface area contributed by atoms with E-state index in [0.717, 1.165) is 17.7 Å². The highest BCUT2D eigenvalue weighted by Gasteiger charge is 2.32. The summed E-state index contributed by atoms with van der Waals surface area (Å²) in [6.07, 6.45) is -1.60. The molecule has 9 nitrogen and oxygen atoms in total. The van der Waals surface area contributed by atoms with Crippen LogP contribution in [0.15, 0.2) is 67.0 Å². The summed E-state index contributed by atoms with van der Waals surface area (Å²) in [6.45, 7) is 0.0752. The van der Waals surface area contributed by atoms with Gasteiger partial charge < -0.3 is 19.9 Å². The van der Waals surface area contributed by atoms with Crippen LogP contribution in [-0.2, 0) is 11.3 Å². The number of nitro groups is 1. The molecule has 1 aromatic heterocycles. The van der Waals surface area contributed by atoms with Gasteiger partial charge in [-0.2, -0.15) is 0 Å². The van der Waals surface area contributed by atoms with E-state index < -0.39 is 46.6 Å². The number of halogens is 3.